The maximum Gasteiger partial charge on any atom is 0.0764 e. The van der Waals surface area contributed by atoms with E-state index >= 15 is 0 Å². The highest BCUT2D eigenvalue weighted by molar-refractivity contribution is 9.10. The van der Waals surface area contributed by atoms with Crippen molar-refractivity contribution in [3.05, 3.63) is 20.8 Å². The van der Waals surface area contributed by atoms with Crippen molar-refractivity contribution in [1.29, 1.82) is 0 Å². The van der Waals surface area contributed by atoms with E-state index in [-0.39, 0.29) is 12.1 Å². The molecule has 16 heavy (non-hydrogen) atoms. The van der Waals surface area contributed by atoms with E-state index in [0.29, 0.717) is 0 Å². The first-order chi connectivity index (χ1) is 7.74. The van der Waals surface area contributed by atoms with Gasteiger partial charge in [-0.25, -0.2) is 0 Å². The van der Waals surface area contributed by atoms with Crippen LogP contribution in [0.5, 0.6) is 0 Å². The van der Waals surface area contributed by atoms with Gasteiger partial charge < -0.3 is 10.1 Å². The van der Waals surface area contributed by atoms with Gasteiger partial charge in [-0.05, 0) is 46.3 Å². The van der Waals surface area contributed by atoms with Gasteiger partial charge in [-0.15, -0.1) is 0 Å². The molecule has 1 heterocycles. The molecule has 0 aliphatic rings. The quantitative estimate of drug-likeness (QED) is 0.823. The Balaban J connectivity index is 2.82. The van der Waals surface area contributed by atoms with E-state index in [2.05, 4.69) is 45.9 Å². The van der Waals surface area contributed by atoms with Gasteiger partial charge in [0.25, 0.3) is 0 Å². The molecular formula is C12H20BrNOS. The Kier molecular flexibility index (Phi) is 6.58. The summed E-state index contributed by atoms with van der Waals surface area (Å²) in [7, 11) is 1.79. The molecule has 0 bridgehead atoms. The average molecular weight is 306 g/mol. The van der Waals surface area contributed by atoms with Crippen LogP contribution in [0.4, 0.5) is 0 Å². The molecular weight excluding hydrogens is 286 g/mol. The second-order valence-electron chi connectivity index (χ2n) is 3.79. The van der Waals surface area contributed by atoms with Crippen molar-refractivity contribution in [2.75, 3.05) is 13.7 Å². The first-order valence-corrected chi connectivity index (χ1v) is 7.45. The summed E-state index contributed by atoms with van der Waals surface area (Å²) < 4.78 is 6.74. The summed E-state index contributed by atoms with van der Waals surface area (Å²) in [5.74, 6) is 0. The van der Waals surface area contributed by atoms with Gasteiger partial charge in [-0.3, -0.25) is 0 Å². The number of rotatable bonds is 7. The van der Waals surface area contributed by atoms with Crippen LogP contribution in [-0.4, -0.2) is 19.8 Å². The van der Waals surface area contributed by atoms with Gasteiger partial charge in [0.1, 0.15) is 0 Å². The first kappa shape index (κ1) is 14.2. The van der Waals surface area contributed by atoms with Crippen molar-refractivity contribution in [1.82, 2.24) is 5.32 Å². The number of methoxy groups -OCH3 is 1. The second-order valence-corrected chi connectivity index (χ2v) is 5.39. The minimum absolute atomic E-state index is 0.234. The second kappa shape index (κ2) is 7.43. The predicted octanol–water partition coefficient (Wildman–Crippen LogP) is 3.98. The predicted molar refractivity (Wildman–Crippen MR) is 74.1 cm³/mol. The summed E-state index contributed by atoms with van der Waals surface area (Å²) in [6.45, 7) is 5.36. The molecule has 1 rings (SSSR count). The molecule has 0 amide bonds. The highest BCUT2D eigenvalue weighted by atomic mass is 79.9. The smallest absolute Gasteiger partial charge is 0.0764 e. The zero-order valence-electron chi connectivity index (χ0n) is 10.1. The summed E-state index contributed by atoms with van der Waals surface area (Å²) in [6.07, 6.45) is 2.39. The van der Waals surface area contributed by atoms with E-state index in [1.54, 1.807) is 18.4 Å². The summed E-state index contributed by atoms with van der Waals surface area (Å²) in [4.78, 5) is 0. The van der Waals surface area contributed by atoms with E-state index in [1.165, 1.54) is 10.0 Å². The first-order valence-electron chi connectivity index (χ1n) is 5.72. The van der Waals surface area contributed by atoms with Crippen LogP contribution < -0.4 is 5.32 Å². The Morgan fingerprint density at radius 2 is 2.19 bits per heavy atom. The van der Waals surface area contributed by atoms with Crippen LogP contribution in [0.3, 0.4) is 0 Å². The summed E-state index contributed by atoms with van der Waals surface area (Å²) in [5.41, 5.74) is 1.31. The van der Waals surface area contributed by atoms with Crippen LogP contribution in [0.1, 0.15) is 38.3 Å². The molecule has 1 aromatic heterocycles. The highest BCUT2D eigenvalue weighted by Gasteiger charge is 2.23. The van der Waals surface area contributed by atoms with Gasteiger partial charge in [-0.2, -0.15) is 11.3 Å². The lowest BCUT2D eigenvalue weighted by molar-refractivity contribution is 0.0650. The third-order valence-electron chi connectivity index (χ3n) is 2.67. The maximum atomic E-state index is 5.56. The third-order valence-corrected chi connectivity index (χ3v) is 4.42. The number of hydrogen-bond acceptors (Lipinski definition) is 3. The normalized spacial score (nSPS) is 15.0. The maximum absolute atomic E-state index is 5.56. The van der Waals surface area contributed by atoms with Crippen molar-refractivity contribution in [2.24, 2.45) is 0 Å². The van der Waals surface area contributed by atoms with Crippen LogP contribution in [0.15, 0.2) is 15.2 Å². The van der Waals surface area contributed by atoms with Crippen LogP contribution >= 0.6 is 27.3 Å². The fourth-order valence-electron chi connectivity index (χ4n) is 1.79. The fraction of sp³-hybridized carbons (Fsp3) is 0.667. The SMILES string of the molecule is CCCNC(c1cscc1Br)C(CC)OC. The van der Waals surface area contributed by atoms with Crippen molar-refractivity contribution in [3.63, 3.8) is 0 Å². The molecule has 2 nitrogen and oxygen atoms in total. The molecule has 0 aromatic carbocycles. The molecule has 0 saturated carbocycles. The van der Waals surface area contributed by atoms with Gasteiger partial charge in [-0.1, -0.05) is 13.8 Å². The lowest BCUT2D eigenvalue weighted by atomic mass is 10.0. The minimum atomic E-state index is 0.234. The molecule has 0 spiro atoms. The Morgan fingerprint density at radius 3 is 2.62 bits per heavy atom. The molecule has 0 aliphatic heterocycles. The van der Waals surface area contributed by atoms with Crippen LogP contribution in [0.2, 0.25) is 0 Å². The summed E-state index contributed by atoms with van der Waals surface area (Å²) >= 11 is 5.32. The molecule has 1 aromatic rings. The molecule has 0 saturated heterocycles. The molecule has 0 aliphatic carbocycles. The van der Waals surface area contributed by atoms with Gasteiger partial charge in [0, 0.05) is 17.0 Å². The Bertz CT molecular complexity index is 299. The molecule has 0 radical (unpaired) electrons. The minimum Gasteiger partial charge on any atom is -0.379 e. The molecule has 92 valence electrons. The fourth-order valence-corrected chi connectivity index (χ4v) is 3.37. The van der Waals surface area contributed by atoms with Crippen molar-refractivity contribution >= 4 is 27.3 Å². The van der Waals surface area contributed by atoms with Crippen molar-refractivity contribution < 1.29 is 4.74 Å². The van der Waals surface area contributed by atoms with Crippen molar-refractivity contribution in [2.45, 2.75) is 38.8 Å². The summed E-state index contributed by atoms with van der Waals surface area (Å²) in [5, 5.41) is 7.88. The molecule has 2 unspecified atom stereocenters. The van der Waals surface area contributed by atoms with Crippen LogP contribution in [-0.2, 0) is 4.74 Å². The third kappa shape index (κ3) is 3.55. The number of thiophene rings is 1. The topological polar surface area (TPSA) is 21.3 Å². The number of ether oxygens (including phenoxy) is 1. The number of hydrogen-bond donors (Lipinski definition) is 1. The monoisotopic (exact) mass is 305 g/mol. The van der Waals surface area contributed by atoms with Crippen LogP contribution in [0.25, 0.3) is 0 Å². The van der Waals surface area contributed by atoms with Crippen LogP contribution in [0, 0.1) is 0 Å². The Labute approximate surface area is 111 Å². The average Bonchev–Trinajstić information content (AvgIpc) is 2.71. The Morgan fingerprint density at radius 1 is 1.44 bits per heavy atom. The summed E-state index contributed by atoms with van der Waals surface area (Å²) in [6, 6.07) is 0.288. The molecule has 2 atom stereocenters. The van der Waals surface area contributed by atoms with E-state index in [0.717, 1.165) is 19.4 Å². The number of nitrogens with one attached hydrogen (secondary N) is 1. The zero-order chi connectivity index (χ0) is 12.0. The van der Waals surface area contributed by atoms with E-state index in [9.17, 15) is 0 Å². The molecule has 4 heteroatoms. The largest absolute Gasteiger partial charge is 0.379 e. The highest BCUT2D eigenvalue weighted by Crippen LogP contribution is 2.31. The van der Waals surface area contributed by atoms with E-state index < -0.39 is 0 Å². The number of halogens is 1. The molecule has 1 N–H and O–H groups in total. The standard InChI is InChI=1S/C12H20BrNOS/c1-4-6-14-12(11(5-2)15-3)9-7-16-8-10(9)13/h7-8,11-12,14H,4-6H2,1-3H3. The Hall–Kier alpha value is 0.1000. The van der Waals surface area contributed by atoms with Gasteiger partial charge >= 0.3 is 0 Å². The van der Waals surface area contributed by atoms with Gasteiger partial charge in [0.15, 0.2) is 0 Å². The van der Waals surface area contributed by atoms with E-state index in [1.807, 2.05) is 0 Å². The lowest BCUT2D eigenvalue weighted by Crippen LogP contribution is -2.33. The lowest BCUT2D eigenvalue weighted by Gasteiger charge is -2.26. The van der Waals surface area contributed by atoms with Gasteiger partial charge in [0.05, 0.1) is 12.1 Å². The van der Waals surface area contributed by atoms with Crippen molar-refractivity contribution in [3.8, 4) is 0 Å². The zero-order valence-corrected chi connectivity index (χ0v) is 12.5. The van der Waals surface area contributed by atoms with Gasteiger partial charge in [0.2, 0.25) is 0 Å². The van der Waals surface area contributed by atoms with E-state index in [4.69, 9.17) is 4.74 Å². The molecule has 0 fully saturated rings.